The maximum atomic E-state index is 5.69. The van der Waals surface area contributed by atoms with Gasteiger partial charge < -0.3 is 10.5 Å². The zero-order valence-corrected chi connectivity index (χ0v) is 10.9. The van der Waals surface area contributed by atoms with E-state index in [4.69, 9.17) is 22.7 Å². The van der Waals surface area contributed by atoms with Crippen molar-refractivity contribution in [3.8, 4) is 11.6 Å². The van der Waals surface area contributed by atoms with E-state index in [0.29, 0.717) is 11.4 Å². The first-order valence-electron chi connectivity index (χ1n) is 5.72. The van der Waals surface area contributed by atoms with Crippen molar-refractivity contribution < 1.29 is 4.74 Å². The van der Waals surface area contributed by atoms with Crippen molar-refractivity contribution in [3.05, 3.63) is 53.7 Å². The molecule has 1 heterocycles. The topological polar surface area (TPSA) is 48.1 Å². The SMILES string of the molecule is CCc1ccc(Oc2ncccc2C(N)=S)cc1. The summed E-state index contributed by atoms with van der Waals surface area (Å²) in [6, 6.07) is 11.5. The van der Waals surface area contributed by atoms with Crippen LogP contribution in [0, 0.1) is 0 Å². The molecule has 0 saturated heterocycles. The molecule has 0 aliphatic heterocycles. The van der Waals surface area contributed by atoms with Crippen LogP contribution in [0.15, 0.2) is 42.6 Å². The zero-order chi connectivity index (χ0) is 13.0. The molecule has 4 heteroatoms. The molecule has 0 spiro atoms. The first kappa shape index (κ1) is 12.5. The van der Waals surface area contributed by atoms with E-state index in [1.807, 2.05) is 24.3 Å². The second-order valence-corrected chi connectivity index (χ2v) is 4.26. The lowest BCUT2D eigenvalue weighted by atomic mass is 10.2. The van der Waals surface area contributed by atoms with E-state index < -0.39 is 0 Å². The van der Waals surface area contributed by atoms with E-state index in [9.17, 15) is 0 Å². The molecule has 18 heavy (non-hydrogen) atoms. The summed E-state index contributed by atoms with van der Waals surface area (Å²) in [6.45, 7) is 2.11. The fourth-order valence-electron chi connectivity index (χ4n) is 1.56. The Balaban J connectivity index is 2.25. The van der Waals surface area contributed by atoms with Gasteiger partial charge in [-0.2, -0.15) is 0 Å². The Bertz CT molecular complexity index is 552. The average Bonchev–Trinajstić information content (AvgIpc) is 2.40. The van der Waals surface area contributed by atoms with Gasteiger partial charge in [0.05, 0.1) is 5.56 Å². The summed E-state index contributed by atoms with van der Waals surface area (Å²) in [5.41, 5.74) is 7.53. The quantitative estimate of drug-likeness (QED) is 0.856. The van der Waals surface area contributed by atoms with Crippen molar-refractivity contribution in [2.45, 2.75) is 13.3 Å². The monoisotopic (exact) mass is 258 g/mol. The number of pyridine rings is 1. The number of hydrogen-bond acceptors (Lipinski definition) is 3. The standard InChI is InChI=1S/C14H14N2OS/c1-2-10-5-7-11(8-6-10)17-14-12(13(15)18)4-3-9-16-14/h3-9H,2H2,1H3,(H2,15,18). The van der Waals surface area contributed by atoms with Gasteiger partial charge in [0.15, 0.2) is 0 Å². The maximum absolute atomic E-state index is 5.69. The molecule has 0 unspecified atom stereocenters. The maximum Gasteiger partial charge on any atom is 0.229 e. The largest absolute Gasteiger partial charge is 0.438 e. The van der Waals surface area contributed by atoms with Gasteiger partial charge in [-0.1, -0.05) is 31.3 Å². The summed E-state index contributed by atoms with van der Waals surface area (Å²) in [6.07, 6.45) is 2.65. The molecule has 0 aliphatic rings. The summed E-state index contributed by atoms with van der Waals surface area (Å²) in [5.74, 6) is 1.16. The molecule has 0 atom stereocenters. The van der Waals surface area contributed by atoms with E-state index in [1.54, 1.807) is 18.3 Å². The molecule has 3 nitrogen and oxygen atoms in total. The summed E-state index contributed by atoms with van der Waals surface area (Å²) >= 11 is 4.96. The van der Waals surface area contributed by atoms with Gasteiger partial charge in [-0.3, -0.25) is 0 Å². The first-order chi connectivity index (χ1) is 8.70. The molecule has 0 bridgehead atoms. The Morgan fingerprint density at radius 1 is 1.28 bits per heavy atom. The van der Waals surface area contributed by atoms with Gasteiger partial charge in [0.1, 0.15) is 10.7 Å². The molecule has 2 aromatic rings. The Labute approximate surface area is 112 Å². The van der Waals surface area contributed by atoms with Crippen LogP contribution in [-0.4, -0.2) is 9.97 Å². The number of nitrogens with two attached hydrogens (primary N) is 1. The predicted molar refractivity (Wildman–Crippen MR) is 76.0 cm³/mol. The summed E-state index contributed by atoms with van der Waals surface area (Å²) < 4.78 is 5.69. The number of thiocarbonyl (C=S) groups is 1. The third-order valence-corrected chi connectivity index (χ3v) is 2.80. The van der Waals surface area contributed by atoms with Crippen LogP contribution in [0.4, 0.5) is 0 Å². The molecular formula is C14H14N2OS. The fourth-order valence-corrected chi connectivity index (χ4v) is 1.72. The fraction of sp³-hybridized carbons (Fsp3) is 0.143. The molecule has 0 saturated carbocycles. The van der Waals surface area contributed by atoms with Crippen LogP contribution in [-0.2, 0) is 6.42 Å². The normalized spacial score (nSPS) is 10.1. The third-order valence-electron chi connectivity index (χ3n) is 2.58. The zero-order valence-electron chi connectivity index (χ0n) is 10.1. The Hall–Kier alpha value is -1.94. The van der Waals surface area contributed by atoms with Crippen molar-refractivity contribution in [2.75, 3.05) is 0 Å². The first-order valence-corrected chi connectivity index (χ1v) is 6.13. The summed E-state index contributed by atoms with van der Waals surface area (Å²) in [4.78, 5) is 4.43. The lowest BCUT2D eigenvalue weighted by Crippen LogP contribution is -2.11. The second kappa shape index (κ2) is 5.60. The number of ether oxygens (including phenoxy) is 1. The van der Waals surface area contributed by atoms with Crippen molar-refractivity contribution in [2.24, 2.45) is 5.73 Å². The highest BCUT2D eigenvalue weighted by molar-refractivity contribution is 7.80. The highest BCUT2D eigenvalue weighted by Gasteiger charge is 2.08. The summed E-state index contributed by atoms with van der Waals surface area (Å²) in [7, 11) is 0. The second-order valence-electron chi connectivity index (χ2n) is 3.82. The number of benzene rings is 1. The smallest absolute Gasteiger partial charge is 0.229 e. The molecule has 0 radical (unpaired) electrons. The molecule has 0 fully saturated rings. The average molecular weight is 258 g/mol. The van der Waals surface area contributed by atoms with E-state index >= 15 is 0 Å². The van der Waals surface area contributed by atoms with E-state index in [1.165, 1.54) is 5.56 Å². The van der Waals surface area contributed by atoms with Gasteiger partial charge in [0.25, 0.3) is 0 Å². The number of rotatable bonds is 4. The lowest BCUT2D eigenvalue weighted by Gasteiger charge is -2.09. The van der Waals surface area contributed by atoms with Crippen LogP contribution in [0.1, 0.15) is 18.1 Å². The van der Waals surface area contributed by atoms with E-state index in [0.717, 1.165) is 12.2 Å². The number of aryl methyl sites for hydroxylation is 1. The van der Waals surface area contributed by atoms with Gasteiger partial charge in [-0.25, -0.2) is 4.98 Å². The van der Waals surface area contributed by atoms with Crippen LogP contribution in [0.5, 0.6) is 11.6 Å². The number of nitrogens with zero attached hydrogens (tertiary/aromatic N) is 1. The lowest BCUT2D eigenvalue weighted by molar-refractivity contribution is 0.462. The Morgan fingerprint density at radius 3 is 2.61 bits per heavy atom. The van der Waals surface area contributed by atoms with E-state index in [2.05, 4.69) is 11.9 Å². The molecule has 1 aromatic carbocycles. The van der Waals surface area contributed by atoms with Crippen molar-refractivity contribution >= 4 is 17.2 Å². The number of aromatic nitrogens is 1. The van der Waals surface area contributed by atoms with Crippen LogP contribution in [0.3, 0.4) is 0 Å². The van der Waals surface area contributed by atoms with Crippen LogP contribution < -0.4 is 10.5 Å². The Kier molecular flexibility index (Phi) is 3.89. The van der Waals surface area contributed by atoms with Crippen LogP contribution in [0.2, 0.25) is 0 Å². The predicted octanol–water partition coefficient (Wildman–Crippen LogP) is 3.07. The van der Waals surface area contributed by atoms with Gasteiger partial charge in [-0.05, 0) is 36.2 Å². The van der Waals surface area contributed by atoms with Crippen molar-refractivity contribution in [1.29, 1.82) is 0 Å². The van der Waals surface area contributed by atoms with Gasteiger partial charge in [0, 0.05) is 6.20 Å². The van der Waals surface area contributed by atoms with E-state index in [-0.39, 0.29) is 4.99 Å². The molecule has 2 rings (SSSR count). The van der Waals surface area contributed by atoms with Gasteiger partial charge in [0.2, 0.25) is 5.88 Å². The number of hydrogen-bond donors (Lipinski definition) is 1. The van der Waals surface area contributed by atoms with Crippen LogP contribution >= 0.6 is 12.2 Å². The summed E-state index contributed by atoms with van der Waals surface area (Å²) in [5, 5.41) is 0. The molecular weight excluding hydrogens is 244 g/mol. The highest BCUT2D eigenvalue weighted by Crippen LogP contribution is 2.23. The molecule has 0 amide bonds. The molecule has 0 aliphatic carbocycles. The van der Waals surface area contributed by atoms with Crippen LogP contribution in [0.25, 0.3) is 0 Å². The minimum atomic E-state index is 0.281. The third kappa shape index (κ3) is 2.84. The van der Waals surface area contributed by atoms with Crippen molar-refractivity contribution in [3.63, 3.8) is 0 Å². The minimum absolute atomic E-state index is 0.281. The van der Waals surface area contributed by atoms with Gasteiger partial charge >= 0.3 is 0 Å². The molecule has 92 valence electrons. The molecule has 2 N–H and O–H groups in total. The Morgan fingerprint density at radius 2 is 2.00 bits per heavy atom. The highest BCUT2D eigenvalue weighted by atomic mass is 32.1. The minimum Gasteiger partial charge on any atom is -0.438 e. The van der Waals surface area contributed by atoms with Gasteiger partial charge in [-0.15, -0.1) is 0 Å². The molecule has 1 aromatic heterocycles. The van der Waals surface area contributed by atoms with Crippen molar-refractivity contribution in [1.82, 2.24) is 4.98 Å².